The van der Waals surface area contributed by atoms with E-state index in [1.54, 1.807) is 23.9 Å². The first-order valence-electron chi connectivity index (χ1n) is 4.72. The van der Waals surface area contributed by atoms with Crippen LogP contribution in [0.1, 0.15) is 15.9 Å². The minimum atomic E-state index is -0.881. The van der Waals surface area contributed by atoms with Gasteiger partial charge in [0.25, 0.3) is 0 Å². The average Bonchev–Trinajstić information content (AvgIpc) is 2.20. The monoisotopic (exact) mass is 225 g/mol. The lowest BCUT2D eigenvalue weighted by Gasteiger charge is -2.09. The number of carboxylic acids is 1. The molecule has 1 aromatic rings. The third-order valence-corrected chi connectivity index (χ3v) is 2.71. The lowest BCUT2D eigenvalue weighted by Crippen LogP contribution is -2.06. The minimum Gasteiger partial charge on any atom is -0.478 e. The molecule has 2 N–H and O–H groups in total. The third-order valence-electron chi connectivity index (χ3n) is 2.09. The van der Waals surface area contributed by atoms with Gasteiger partial charge < -0.3 is 10.4 Å². The maximum Gasteiger partial charge on any atom is 0.335 e. The highest BCUT2D eigenvalue weighted by Gasteiger charge is 2.04. The van der Waals surface area contributed by atoms with Gasteiger partial charge in [-0.1, -0.05) is 0 Å². The number of aromatic carboxylic acids is 1. The lowest BCUT2D eigenvalue weighted by atomic mass is 10.1. The van der Waals surface area contributed by atoms with Gasteiger partial charge in [0.2, 0.25) is 0 Å². The van der Waals surface area contributed by atoms with Crippen LogP contribution in [0, 0.1) is 6.92 Å². The molecule has 3 nitrogen and oxygen atoms in total. The van der Waals surface area contributed by atoms with Crippen molar-refractivity contribution >= 4 is 23.4 Å². The second kappa shape index (κ2) is 5.66. The SMILES string of the molecule is CSCCNc1ccc(C(=O)O)cc1C. The maximum absolute atomic E-state index is 10.7. The Kier molecular flexibility index (Phi) is 4.49. The molecule has 0 unspecified atom stereocenters. The number of aryl methyl sites for hydroxylation is 1. The van der Waals surface area contributed by atoms with E-state index in [2.05, 4.69) is 11.6 Å². The van der Waals surface area contributed by atoms with Gasteiger partial charge in [0, 0.05) is 18.0 Å². The Bertz CT molecular complexity index is 352. The number of rotatable bonds is 5. The molecule has 1 rings (SSSR count). The molecule has 0 atom stereocenters. The highest BCUT2D eigenvalue weighted by Crippen LogP contribution is 2.16. The molecule has 0 aliphatic carbocycles. The summed E-state index contributed by atoms with van der Waals surface area (Å²) in [6.07, 6.45) is 2.06. The van der Waals surface area contributed by atoms with Crippen LogP contribution >= 0.6 is 11.8 Å². The summed E-state index contributed by atoms with van der Waals surface area (Å²) >= 11 is 1.78. The van der Waals surface area contributed by atoms with Crippen molar-refractivity contribution in [3.63, 3.8) is 0 Å². The van der Waals surface area contributed by atoms with Crippen LogP contribution in [0.25, 0.3) is 0 Å². The van der Waals surface area contributed by atoms with E-state index in [4.69, 9.17) is 5.11 Å². The van der Waals surface area contributed by atoms with Gasteiger partial charge in [0.15, 0.2) is 0 Å². The molecule has 0 aliphatic rings. The number of anilines is 1. The van der Waals surface area contributed by atoms with Crippen LogP contribution in [0.15, 0.2) is 18.2 Å². The molecule has 0 saturated carbocycles. The predicted molar refractivity (Wildman–Crippen MR) is 65.0 cm³/mol. The standard InChI is InChI=1S/C11H15NO2S/c1-8-7-9(11(13)14)3-4-10(8)12-5-6-15-2/h3-4,7,12H,5-6H2,1-2H3,(H,13,14). The molecule has 0 spiro atoms. The Morgan fingerprint density at radius 3 is 2.80 bits per heavy atom. The smallest absolute Gasteiger partial charge is 0.335 e. The molecule has 1 aromatic carbocycles. The molecule has 15 heavy (non-hydrogen) atoms. The molecular formula is C11H15NO2S. The Balaban J connectivity index is 2.70. The second-order valence-electron chi connectivity index (χ2n) is 3.25. The minimum absolute atomic E-state index is 0.336. The van der Waals surface area contributed by atoms with E-state index < -0.39 is 5.97 Å². The van der Waals surface area contributed by atoms with Gasteiger partial charge in [0.1, 0.15) is 0 Å². The van der Waals surface area contributed by atoms with Crippen LogP contribution in [0.3, 0.4) is 0 Å². The van der Waals surface area contributed by atoms with Gasteiger partial charge in [-0.25, -0.2) is 4.79 Å². The van der Waals surface area contributed by atoms with Crippen molar-refractivity contribution in [2.45, 2.75) is 6.92 Å². The van der Waals surface area contributed by atoms with E-state index in [1.807, 2.05) is 13.0 Å². The zero-order valence-electron chi connectivity index (χ0n) is 8.91. The molecule has 0 radical (unpaired) electrons. The van der Waals surface area contributed by atoms with Gasteiger partial charge >= 0.3 is 5.97 Å². The number of carboxylic acid groups (broad SMARTS) is 1. The van der Waals surface area contributed by atoms with Crippen LogP contribution in [-0.4, -0.2) is 29.6 Å². The van der Waals surface area contributed by atoms with Crippen LogP contribution in [0.2, 0.25) is 0 Å². The van der Waals surface area contributed by atoms with Crippen molar-refractivity contribution in [2.75, 3.05) is 23.9 Å². The summed E-state index contributed by atoms with van der Waals surface area (Å²) in [5, 5.41) is 12.1. The van der Waals surface area contributed by atoms with Gasteiger partial charge in [-0.3, -0.25) is 0 Å². The fraction of sp³-hybridized carbons (Fsp3) is 0.364. The molecule has 0 amide bonds. The van der Waals surface area contributed by atoms with Crippen molar-refractivity contribution in [3.8, 4) is 0 Å². The van der Waals surface area contributed by atoms with Gasteiger partial charge in [-0.15, -0.1) is 0 Å². The third kappa shape index (κ3) is 3.47. The van der Waals surface area contributed by atoms with Crippen LogP contribution < -0.4 is 5.32 Å². The number of nitrogens with one attached hydrogen (secondary N) is 1. The van der Waals surface area contributed by atoms with Crippen molar-refractivity contribution in [2.24, 2.45) is 0 Å². The zero-order chi connectivity index (χ0) is 11.3. The van der Waals surface area contributed by atoms with Crippen molar-refractivity contribution in [1.82, 2.24) is 0 Å². The van der Waals surface area contributed by atoms with E-state index in [0.717, 1.165) is 23.5 Å². The van der Waals surface area contributed by atoms with E-state index in [1.165, 1.54) is 0 Å². The predicted octanol–water partition coefficient (Wildman–Crippen LogP) is 2.47. The first kappa shape index (κ1) is 11.9. The molecule has 82 valence electrons. The second-order valence-corrected chi connectivity index (χ2v) is 4.24. The Labute approximate surface area is 93.9 Å². The van der Waals surface area contributed by atoms with Gasteiger partial charge in [-0.05, 0) is 36.9 Å². The van der Waals surface area contributed by atoms with Crippen molar-refractivity contribution < 1.29 is 9.90 Å². The highest BCUT2D eigenvalue weighted by molar-refractivity contribution is 7.98. The summed E-state index contributed by atoms with van der Waals surface area (Å²) in [7, 11) is 0. The molecule has 0 aliphatic heterocycles. The summed E-state index contributed by atoms with van der Waals surface area (Å²) in [5.74, 6) is 0.161. The summed E-state index contributed by atoms with van der Waals surface area (Å²) in [6, 6.07) is 5.12. The number of hydrogen-bond donors (Lipinski definition) is 2. The molecule has 0 heterocycles. The first-order chi connectivity index (χ1) is 7.15. The van der Waals surface area contributed by atoms with E-state index in [9.17, 15) is 4.79 Å². The van der Waals surface area contributed by atoms with Crippen molar-refractivity contribution in [1.29, 1.82) is 0 Å². The molecule has 0 bridgehead atoms. The van der Waals surface area contributed by atoms with Gasteiger partial charge in [-0.2, -0.15) is 11.8 Å². The van der Waals surface area contributed by atoms with Gasteiger partial charge in [0.05, 0.1) is 5.56 Å². The van der Waals surface area contributed by atoms with E-state index in [-0.39, 0.29) is 0 Å². The largest absolute Gasteiger partial charge is 0.478 e. The zero-order valence-corrected chi connectivity index (χ0v) is 9.73. The summed E-state index contributed by atoms with van der Waals surface area (Å²) in [4.78, 5) is 10.7. The van der Waals surface area contributed by atoms with E-state index >= 15 is 0 Å². The Hall–Kier alpha value is -1.16. The van der Waals surface area contributed by atoms with E-state index in [0.29, 0.717) is 5.56 Å². The molecular weight excluding hydrogens is 210 g/mol. The van der Waals surface area contributed by atoms with Crippen LogP contribution in [0.4, 0.5) is 5.69 Å². The first-order valence-corrected chi connectivity index (χ1v) is 6.11. The van der Waals surface area contributed by atoms with Crippen LogP contribution in [-0.2, 0) is 0 Å². The quantitative estimate of drug-likeness (QED) is 0.756. The summed E-state index contributed by atoms with van der Waals surface area (Å²) in [6.45, 7) is 2.81. The fourth-order valence-electron chi connectivity index (χ4n) is 1.28. The molecule has 0 fully saturated rings. The summed E-state index contributed by atoms with van der Waals surface area (Å²) < 4.78 is 0. The average molecular weight is 225 g/mol. The Morgan fingerprint density at radius 1 is 1.53 bits per heavy atom. The number of thioether (sulfide) groups is 1. The normalized spacial score (nSPS) is 10.0. The lowest BCUT2D eigenvalue weighted by molar-refractivity contribution is 0.0697. The maximum atomic E-state index is 10.7. The Morgan fingerprint density at radius 2 is 2.27 bits per heavy atom. The number of hydrogen-bond acceptors (Lipinski definition) is 3. The topological polar surface area (TPSA) is 49.3 Å². The summed E-state index contributed by atoms with van der Waals surface area (Å²) in [5.41, 5.74) is 2.31. The molecule has 0 saturated heterocycles. The van der Waals surface area contributed by atoms with Crippen molar-refractivity contribution in [3.05, 3.63) is 29.3 Å². The number of carbonyl (C=O) groups is 1. The fourth-order valence-corrected chi connectivity index (χ4v) is 1.59. The highest BCUT2D eigenvalue weighted by atomic mass is 32.2. The molecule has 0 aromatic heterocycles. The van der Waals surface area contributed by atoms with Crippen LogP contribution in [0.5, 0.6) is 0 Å². The number of benzene rings is 1. The molecule has 4 heteroatoms.